The summed E-state index contributed by atoms with van der Waals surface area (Å²) in [5, 5.41) is 3.22. The van der Waals surface area contributed by atoms with Gasteiger partial charge in [0.15, 0.2) is 11.6 Å². The first kappa shape index (κ1) is 15.3. The van der Waals surface area contributed by atoms with Crippen LogP contribution in [0, 0.1) is 5.82 Å². The molecule has 0 heterocycles. The lowest BCUT2D eigenvalue weighted by molar-refractivity contribution is 0.383. The molecule has 0 aliphatic heterocycles. The Morgan fingerprint density at radius 3 is 2.33 bits per heavy atom. The van der Waals surface area contributed by atoms with Gasteiger partial charge < -0.3 is 14.8 Å². The molecule has 0 fully saturated rings. The summed E-state index contributed by atoms with van der Waals surface area (Å²) < 4.78 is 24.4. The maximum absolute atomic E-state index is 14.2. The molecule has 21 heavy (non-hydrogen) atoms. The number of hydrogen-bond acceptors (Lipinski definition) is 3. The largest absolute Gasteiger partial charge is 0.497 e. The average Bonchev–Trinajstić information content (AvgIpc) is 2.54. The number of ether oxygens (including phenoxy) is 2. The molecular weight excluding hydrogens is 269 g/mol. The molecule has 0 saturated heterocycles. The number of likely N-dealkylation sites (N-methyl/N-ethyl adjacent to an activating group) is 1. The standard InChI is InChI=1S/C17H20FNO2/c1-19-15(12-7-9-14(20-2)10-8-12)11-13-5-4-6-16(21-3)17(13)18/h4-10,15,19H,11H2,1-3H3. The second kappa shape index (κ2) is 7.09. The zero-order valence-electron chi connectivity index (χ0n) is 12.5. The summed E-state index contributed by atoms with van der Waals surface area (Å²) >= 11 is 0. The van der Waals surface area contributed by atoms with Crippen LogP contribution >= 0.6 is 0 Å². The summed E-state index contributed by atoms with van der Waals surface area (Å²) in [6, 6.07) is 13.0. The van der Waals surface area contributed by atoms with Gasteiger partial charge in [0, 0.05) is 6.04 Å². The van der Waals surface area contributed by atoms with Crippen molar-refractivity contribution in [3.05, 3.63) is 59.4 Å². The summed E-state index contributed by atoms with van der Waals surface area (Å²) in [6.45, 7) is 0. The first-order valence-corrected chi connectivity index (χ1v) is 6.82. The van der Waals surface area contributed by atoms with Gasteiger partial charge in [0.1, 0.15) is 5.75 Å². The maximum atomic E-state index is 14.2. The molecule has 2 aromatic rings. The predicted molar refractivity (Wildman–Crippen MR) is 81.5 cm³/mol. The van der Waals surface area contributed by atoms with Gasteiger partial charge >= 0.3 is 0 Å². The Morgan fingerprint density at radius 2 is 1.76 bits per heavy atom. The minimum atomic E-state index is -0.297. The molecule has 0 saturated carbocycles. The van der Waals surface area contributed by atoms with E-state index in [1.165, 1.54) is 7.11 Å². The number of benzene rings is 2. The van der Waals surface area contributed by atoms with Crippen LogP contribution in [0.1, 0.15) is 17.2 Å². The lowest BCUT2D eigenvalue weighted by atomic mass is 9.98. The molecule has 0 spiro atoms. The van der Waals surface area contributed by atoms with Crippen molar-refractivity contribution in [2.75, 3.05) is 21.3 Å². The van der Waals surface area contributed by atoms with Crippen LogP contribution in [0.15, 0.2) is 42.5 Å². The van der Waals surface area contributed by atoms with Gasteiger partial charge in [-0.25, -0.2) is 4.39 Å². The molecule has 3 nitrogen and oxygen atoms in total. The molecule has 2 aromatic carbocycles. The number of hydrogen-bond donors (Lipinski definition) is 1. The van der Waals surface area contributed by atoms with Crippen LogP contribution in [0.3, 0.4) is 0 Å². The van der Waals surface area contributed by atoms with Gasteiger partial charge in [-0.1, -0.05) is 24.3 Å². The Balaban J connectivity index is 2.22. The maximum Gasteiger partial charge on any atom is 0.168 e. The Kier molecular flexibility index (Phi) is 5.17. The van der Waals surface area contributed by atoms with Crippen molar-refractivity contribution in [3.8, 4) is 11.5 Å². The molecule has 0 aromatic heterocycles. The van der Waals surface area contributed by atoms with Crippen LogP contribution in [0.2, 0.25) is 0 Å². The average molecular weight is 289 g/mol. The summed E-state index contributed by atoms with van der Waals surface area (Å²) in [5.41, 5.74) is 1.71. The van der Waals surface area contributed by atoms with Crippen molar-refractivity contribution in [2.45, 2.75) is 12.5 Å². The highest BCUT2D eigenvalue weighted by Crippen LogP contribution is 2.26. The molecule has 1 N–H and O–H groups in total. The van der Waals surface area contributed by atoms with Crippen LogP contribution in [-0.4, -0.2) is 21.3 Å². The van der Waals surface area contributed by atoms with E-state index in [-0.39, 0.29) is 17.6 Å². The molecule has 112 valence electrons. The Bertz CT molecular complexity index is 584. The molecular formula is C17H20FNO2. The van der Waals surface area contributed by atoms with E-state index in [2.05, 4.69) is 5.32 Å². The van der Waals surface area contributed by atoms with Crippen molar-refractivity contribution >= 4 is 0 Å². The minimum absolute atomic E-state index is 0.0255. The summed E-state index contributed by atoms with van der Waals surface area (Å²) in [4.78, 5) is 0. The lowest BCUT2D eigenvalue weighted by Crippen LogP contribution is -2.19. The first-order chi connectivity index (χ1) is 10.2. The van der Waals surface area contributed by atoms with Crippen LogP contribution in [0.5, 0.6) is 11.5 Å². The quantitative estimate of drug-likeness (QED) is 0.884. The highest BCUT2D eigenvalue weighted by atomic mass is 19.1. The zero-order chi connectivity index (χ0) is 15.2. The van der Waals surface area contributed by atoms with Gasteiger partial charge in [-0.15, -0.1) is 0 Å². The van der Waals surface area contributed by atoms with Gasteiger partial charge in [-0.2, -0.15) is 0 Å². The normalized spacial score (nSPS) is 12.0. The monoisotopic (exact) mass is 289 g/mol. The third-order valence-corrected chi connectivity index (χ3v) is 3.55. The second-order valence-electron chi connectivity index (χ2n) is 4.75. The molecule has 4 heteroatoms. The lowest BCUT2D eigenvalue weighted by Gasteiger charge is -2.18. The van der Waals surface area contributed by atoms with Crippen molar-refractivity contribution in [1.29, 1.82) is 0 Å². The fraction of sp³-hybridized carbons (Fsp3) is 0.294. The second-order valence-corrected chi connectivity index (χ2v) is 4.75. The number of methoxy groups -OCH3 is 2. The predicted octanol–water partition coefficient (Wildman–Crippen LogP) is 3.35. The SMILES string of the molecule is CNC(Cc1cccc(OC)c1F)c1ccc(OC)cc1. The van der Waals surface area contributed by atoms with E-state index >= 15 is 0 Å². The third kappa shape index (κ3) is 3.52. The molecule has 0 amide bonds. The molecule has 1 atom stereocenters. The van der Waals surface area contributed by atoms with E-state index in [0.717, 1.165) is 11.3 Å². The highest BCUT2D eigenvalue weighted by molar-refractivity contribution is 5.34. The highest BCUT2D eigenvalue weighted by Gasteiger charge is 2.15. The number of halogens is 1. The van der Waals surface area contributed by atoms with E-state index < -0.39 is 0 Å². The van der Waals surface area contributed by atoms with Crippen LogP contribution in [-0.2, 0) is 6.42 Å². The van der Waals surface area contributed by atoms with Crippen molar-refractivity contribution in [1.82, 2.24) is 5.32 Å². The number of rotatable bonds is 6. The smallest absolute Gasteiger partial charge is 0.168 e. The van der Waals surface area contributed by atoms with E-state index in [0.29, 0.717) is 12.0 Å². The Hall–Kier alpha value is -2.07. The molecule has 0 aliphatic carbocycles. The van der Waals surface area contributed by atoms with Crippen LogP contribution in [0.4, 0.5) is 4.39 Å². The summed E-state index contributed by atoms with van der Waals surface area (Å²) in [7, 11) is 4.98. The molecule has 1 unspecified atom stereocenters. The van der Waals surface area contributed by atoms with E-state index in [1.807, 2.05) is 31.3 Å². The van der Waals surface area contributed by atoms with Crippen LogP contribution < -0.4 is 14.8 Å². The third-order valence-electron chi connectivity index (χ3n) is 3.55. The van der Waals surface area contributed by atoms with Gasteiger partial charge in [-0.3, -0.25) is 0 Å². The molecule has 2 rings (SSSR count). The van der Waals surface area contributed by atoms with E-state index in [1.54, 1.807) is 25.3 Å². The van der Waals surface area contributed by atoms with Crippen LogP contribution in [0.25, 0.3) is 0 Å². The van der Waals surface area contributed by atoms with Gasteiger partial charge in [-0.05, 0) is 42.8 Å². The summed E-state index contributed by atoms with van der Waals surface area (Å²) in [5.74, 6) is 0.784. The van der Waals surface area contributed by atoms with E-state index in [9.17, 15) is 4.39 Å². The summed E-state index contributed by atoms with van der Waals surface area (Å²) in [6.07, 6.45) is 0.547. The molecule has 0 radical (unpaired) electrons. The van der Waals surface area contributed by atoms with Crippen molar-refractivity contribution < 1.29 is 13.9 Å². The van der Waals surface area contributed by atoms with E-state index in [4.69, 9.17) is 9.47 Å². The minimum Gasteiger partial charge on any atom is -0.497 e. The Morgan fingerprint density at radius 1 is 1.05 bits per heavy atom. The first-order valence-electron chi connectivity index (χ1n) is 6.82. The topological polar surface area (TPSA) is 30.5 Å². The Labute approximate surface area is 124 Å². The van der Waals surface area contributed by atoms with Gasteiger partial charge in [0.2, 0.25) is 0 Å². The zero-order valence-corrected chi connectivity index (χ0v) is 12.5. The van der Waals surface area contributed by atoms with Gasteiger partial charge in [0.05, 0.1) is 14.2 Å². The van der Waals surface area contributed by atoms with Crippen molar-refractivity contribution in [3.63, 3.8) is 0 Å². The van der Waals surface area contributed by atoms with Crippen molar-refractivity contribution in [2.24, 2.45) is 0 Å². The van der Waals surface area contributed by atoms with Gasteiger partial charge in [0.25, 0.3) is 0 Å². The fourth-order valence-corrected chi connectivity index (χ4v) is 2.31. The number of nitrogens with one attached hydrogen (secondary N) is 1. The molecule has 0 bridgehead atoms. The molecule has 0 aliphatic rings. The fourth-order valence-electron chi connectivity index (χ4n) is 2.31.